The summed E-state index contributed by atoms with van der Waals surface area (Å²) in [5.74, 6) is 0. The van der Waals surface area contributed by atoms with Crippen LogP contribution in [-0.4, -0.2) is 19.5 Å². The average molecular weight is 348 g/mol. The highest BCUT2D eigenvalue weighted by molar-refractivity contribution is 5.92. The lowest BCUT2D eigenvalue weighted by Gasteiger charge is -2.06. The number of nitrogens with one attached hydrogen (secondary N) is 1. The molecule has 0 fully saturated rings. The standard InChI is InChI=1S/C18H12N4O4/c1-21-17(23)14-8-12-3-2-11(9-15(12)19-16(14)20-18(21)24)10-4-6-13(7-5-10)22(25)26/h2-9H,1H3,(H,19,20,24). The molecular formula is C18H12N4O4. The van der Waals surface area contributed by atoms with Crippen molar-refractivity contribution in [2.75, 3.05) is 0 Å². The summed E-state index contributed by atoms with van der Waals surface area (Å²) in [6, 6.07) is 13.4. The van der Waals surface area contributed by atoms with E-state index in [0.717, 1.165) is 21.1 Å². The van der Waals surface area contributed by atoms with Crippen LogP contribution in [0.1, 0.15) is 0 Å². The molecule has 2 heterocycles. The second kappa shape index (κ2) is 5.62. The Hall–Kier alpha value is -3.81. The Morgan fingerprint density at radius 1 is 1.04 bits per heavy atom. The lowest BCUT2D eigenvalue weighted by atomic mass is 10.0. The molecule has 0 atom stereocenters. The molecule has 0 unspecified atom stereocenters. The third kappa shape index (κ3) is 2.44. The normalized spacial score (nSPS) is 11.1. The number of nitro groups is 1. The minimum absolute atomic E-state index is 0.0204. The molecule has 0 aliphatic heterocycles. The molecule has 0 aliphatic carbocycles. The fraction of sp³-hybridized carbons (Fsp3) is 0.0556. The van der Waals surface area contributed by atoms with E-state index in [1.807, 2.05) is 18.2 Å². The van der Waals surface area contributed by atoms with E-state index in [-0.39, 0.29) is 11.3 Å². The number of rotatable bonds is 2. The zero-order chi connectivity index (χ0) is 18.4. The van der Waals surface area contributed by atoms with Gasteiger partial charge in [-0.25, -0.2) is 9.78 Å². The molecule has 0 saturated carbocycles. The SMILES string of the molecule is Cn1c(=O)[nH]c2nc3cc(-c4ccc([N+](=O)[O-])cc4)ccc3cc2c1=O. The predicted molar refractivity (Wildman–Crippen MR) is 97.2 cm³/mol. The molecule has 0 aliphatic rings. The van der Waals surface area contributed by atoms with Gasteiger partial charge in [-0.1, -0.05) is 12.1 Å². The van der Waals surface area contributed by atoms with E-state index in [1.165, 1.54) is 19.2 Å². The van der Waals surface area contributed by atoms with Gasteiger partial charge in [0.15, 0.2) is 0 Å². The van der Waals surface area contributed by atoms with Crippen LogP contribution >= 0.6 is 0 Å². The van der Waals surface area contributed by atoms with Gasteiger partial charge in [-0.05, 0) is 35.4 Å². The molecule has 26 heavy (non-hydrogen) atoms. The number of H-pyrrole nitrogens is 1. The lowest BCUT2D eigenvalue weighted by molar-refractivity contribution is -0.384. The third-order valence-electron chi connectivity index (χ3n) is 4.29. The smallest absolute Gasteiger partial charge is 0.291 e. The van der Waals surface area contributed by atoms with Crippen molar-refractivity contribution >= 4 is 27.6 Å². The fourth-order valence-electron chi connectivity index (χ4n) is 2.84. The van der Waals surface area contributed by atoms with Gasteiger partial charge in [0.05, 0.1) is 15.8 Å². The molecule has 4 rings (SSSR count). The van der Waals surface area contributed by atoms with Crippen LogP contribution in [0.3, 0.4) is 0 Å². The van der Waals surface area contributed by atoms with Crippen LogP contribution in [0.5, 0.6) is 0 Å². The molecule has 8 heteroatoms. The van der Waals surface area contributed by atoms with Crippen LogP contribution in [0.25, 0.3) is 33.1 Å². The summed E-state index contributed by atoms with van der Waals surface area (Å²) in [5.41, 5.74) is 1.55. The van der Waals surface area contributed by atoms with Crippen LogP contribution in [0, 0.1) is 10.1 Å². The van der Waals surface area contributed by atoms with Crippen molar-refractivity contribution in [3.05, 3.63) is 79.5 Å². The minimum Gasteiger partial charge on any atom is -0.291 e. The van der Waals surface area contributed by atoms with E-state index < -0.39 is 16.2 Å². The van der Waals surface area contributed by atoms with Crippen molar-refractivity contribution in [3.8, 4) is 11.1 Å². The molecule has 1 N–H and O–H groups in total. The highest BCUT2D eigenvalue weighted by Crippen LogP contribution is 2.26. The van der Waals surface area contributed by atoms with E-state index >= 15 is 0 Å². The topological polar surface area (TPSA) is 111 Å². The number of fused-ring (bicyclic) bond motifs is 2. The van der Waals surface area contributed by atoms with Crippen molar-refractivity contribution in [2.45, 2.75) is 0 Å². The van der Waals surface area contributed by atoms with Gasteiger partial charge in [0.1, 0.15) is 5.65 Å². The average Bonchev–Trinajstić information content (AvgIpc) is 2.65. The molecular weight excluding hydrogens is 336 g/mol. The number of hydrogen-bond donors (Lipinski definition) is 1. The van der Waals surface area contributed by atoms with Crippen molar-refractivity contribution < 1.29 is 4.92 Å². The van der Waals surface area contributed by atoms with E-state index in [4.69, 9.17) is 0 Å². The summed E-state index contributed by atoms with van der Waals surface area (Å²) in [4.78, 5) is 41.3. The largest absolute Gasteiger partial charge is 0.329 e. The van der Waals surface area contributed by atoms with Crippen LogP contribution in [-0.2, 0) is 7.05 Å². The maximum absolute atomic E-state index is 12.2. The fourth-order valence-corrected chi connectivity index (χ4v) is 2.84. The molecule has 4 aromatic rings. The second-order valence-corrected chi connectivity index (χ2v) is 5.89. The summed E-state index contributed by atoms with van der Waals surface area (Å²) in [7, 11) is 1.41. The Labute approximate surface area is 145 Å². The number of benzene rings is 2. The molecule has 0 radical (unpaired) electrons. The Morgan fingerprint density at radius 2 is 1.73 bits per heavy atom. The molecule has 0 amide bonds. The van der Waals surface area contributed by atoms with Gasteiger partial charge >= 0.3 is 5.69 Å². The highest BCUT2D eigenvalue weighted by atomic mass is 16.6. The summed E-state index contributed by atoms with van der Waals surface area (Å²) < 4.78 is 1.00. The van der Waals surface area contributed by atoms with Crippen LogP contribution in [0.2, 0.25) is 0 Å². The van der Waals surface area contributed by atoms with Gasteiger partial charge in [0.2, 0.25) is 0 Å². The zero-order valence-corrected chi connectivity index (χ0v) is 13.6. The molecule has 0 spiro atoms. The van der Waals surface area contributed by atoms with Crippen LogP contribution < -0.4 is 11.2 Å². The van der Waals surface area contributed by atoms with Gasteiger partial charge in [0, 0.05) is 24.6 Å². The number of aromatic amines is 1. The quantitative estimate of drug-likeness (QED) is 0.339. The summed E-state index contributed by atoms with van der Waals surface area (Å²) >= 11 is 0. The lowest BCUT2D eigenvalue weighted by Crippen LogP contribution is -2.32. The number of pyridine rings is 1. The molecule has 128 valence electrons. The van der Waals surface area contributed by atoms with Gasteiger partial charge in [-0.15, -0.1) is 0 Å². The Morgan fingerprint density at radius 3 is 2.42 bits per heavy atom. The second-order valence-electron chi connectivity index (χ2n) is 5.89. The van der Waals surface area contributed by atoms with Gasteiger partial charge in [0.25, 0.3) is 11.2 Å². The summed E-state index contributed by atoms with van der Waals surface area (Å²) in [5, 5.41) is 11.9. The maximum atomic E-state index is 12.2. The highest BCUT2D eigenvalue weighted by Gasteiger charge is 2.10. The molecule has 2 aromatic heterocycles. The number of aromatic nitrogens is 3. The van der Waals surface area contributed by atoms with E-state index in [2.05, 4.69) is 9.97 Å². The Bertz CT molecular complexity index is 1300. The Balaban J connectivity index is 1.90. The molecule has 8 nitrogen and oxygen atoms in total. The van der Waals surface area contributed by atoms with E-state index in [1.54, 1.807) is 18.2 Å². The first-order valence-corrected chi connectivity index (χ1v) is 7.73. The van der Waals surface area contributed by atoms with E-state index in [9.17, 15) is 19.7 Å². The molecule has 0 bridgehead atoms. The van der Waals surface area contributed by atoms with E-state index in [0.29, 0.717) is 10.9 Å². The van der Waals surface area contributed by atoms with Crippen LogP contribution in [0.15, 0.2) is 58.1 Å². The first kappa shape index (κ1) is 15.7. The number of non-ortho nitro benzene ring substituents is 1. The summed E-state index contributed by atoms with van der Waals surface area (Å²) in [6.07, 6.45) is 0. The van der Waals surface area contributed by atoms with Crippen molar-refractivity contribution in [2.24, 2.45) is 7.05 Å². The first-order valence-electron chi connectivity index (χ1n) is 7.73. The van der Waals surface area contributed by atoms with Gasteiger partial charge in [-0.3, -0.25) is 24.5 Å². The van der Waals surface area contributed by atoms with Crippen molar-refractivity contribution in [1.29, 1.82) is 0 Å². The van der Waals surface area contributed by atoms with Crippen molar-refractivity contribution in [1.82, 2.24) is 14.5 Å². The zero-order valence-electron chi connectivity index (χ0n) is 13.6. The third-order valence-corrected chi connectivity index (χ3v) is 4.29. The van der Waals surface area contributed by atoms with Gasteiger partial charge in [-0.2, -0.15) is 0 Å². The van der Waals surface area contributed by atoms with Crippen molar-refractivity contribution in [3.63, 3.8) is 0 Å². The minimum atomic E-state index is -0.527. The molecule has 2 aromatic carbocycles. The monoisotopic (exact) mass is 348 g/mol. The first-order chi connectivity index (χ1) is 12.4. The summed E-state index contributed by atoms with van der Waals surface area (Å²) in [6.45, 7) is 0. The molecule has 0 saturated heterocycles. The number of nitro benzene ring substituents is 1. The number of hydrogen-bond acceptors (Lipinski definition) is 5. The van der Waals surface area contributed by atoms with Gasteiger partial charge < -0.3 is 0 Å². The van der Waals surface area contributed by atoms with Crippen LogP contribution in [0.4, 0.5) is 5.69 Å². The Kier molecular flexibility index (Phi) is 3.40. The predicted octanol–water partition coefficient (Wildman–Crippen LogP) is 2.35. The maximum Gasteiger partial charge on any atom is 0.329 e. The number of nitrogens with zero attached hydrogens (tertiary/aromatic N) is 3.